The summed E-state index contributed by atoms with van der Waals surface area (Å²) >= 11 is 2.22. The van der Waals surface area contributed by atoms with Crippen LogP contribution in [0.3, 0.4) is 0 Å². The summed E-state index contributed by atoms with van der Waals surface area (Å²) in [6, 6.07) is 0. The molecule has 7 nitrogen and oxygen atoms in total. The number of methoxy groups -OCH3 is 2. The smallest absolute Gasteiger partial charge is 0.407 e. The molecule has 0 spiro atoms. The normalized spacial score (nSPS) is 22.6. The molecule has 1 aliphatic rings. The molecule has 0 radical (unpaired) electrons. The maximum Gasteiger partial charge on any atom is 0.407 e. The first kappa shape index (κ1) is 21.0. The van der Waals surface area contributed by atoms with Gasteiger partial charge < -0.3 is 19.5 Å². The molecule has 0 bridgehead atoms. The summed E-state index contributed by atoms with van der Waals surface area (Å²) in [6.45, 7) is 5.69. The van der Waals surface area contributed by atoms with E-state index in [9.17, 15) is 14.4 Å². The summed E-state index contributed by atoms with van der Waals surface area (Å²) < 4.78 is 15.7. The predicted octanol–water partition coefficient (Wildman–Crippen LogP) is 2.30. The lowest BCUT2D eigenvalue weighted by Gasteiger charge is -2.23. The zero-order valence-corrected chi connectivity index (χ0v) is 17.0. The summed E-state index contributed by atoms with van der Waals surface area (Å²) in [7, 11) is 2.52. The van der Waals surface area contributed by atoms with Crippen LogP contribution in [0.1, 0.15) is 33.6 Å². The highest BCUT2D eigenvalue weighted by atomic mass is 127. The van der Waals surface area contributed by atoms with Gasteiger partial charge in [-0.2, -0.15) is 0 Å². The van der Waals surface area contributed by atoms with Crippen molar-refractivity contribution in [2.24, 2.45) is 17.3 Å². The Morgan fingerprint density at radius 1 is 1.08 bits per heavy atom. The minimum absolute atomic E-state index is 0.0346. The number of nitrogens with one attached hydrogen (secondary N) is 1. The third-order valence-corrected chi connectivity index (χ3v) is 5.28. The molecule has 1 saturated carbocycles. The van der Waals surface area contributed by atoms with Crippen molar-refractivity contribution in [2.45, 2.75) is 39.2 Å². The van der Waals surface area contributed by atoms with E-state index >= 15 is 0 Å². The van der Waals surface area contributed by atoms with Crippen LogP contribution in [-0.4, -0.2) is 48.8 Å². The first-order valence-electron chi connectivity index (χ1n) is 7.79. The highest BCUT2D eigenvalue weighted by molar-refractivity contribution is 14.1. The second-order valence-electron chi connectivity index (χ2n) is 7.03. The third-order valence-electron chi connectivity index (χ3n) is 4.15. The fourth-order valence-corrected chi connectivity index (χ4v) is 4.10. The van der Waals surface area contributed by atoms with E-state index < -0.39 is 29.0 Å². The Labute approximate surface area is 156 Å². The zero-order valence-electron chi connectivity index (χ0n) is 14.8. The van der Waals surface area contributed by atoms with Crippen LogP contribution >= 0.6 is 22.6 Å². The molecule has 1 amide bonds. The predicted molar refractivity (Wildman–Crippen MR) is 95.8 cm³/mol. The third kappa shape index (κ3) is 4.97. The van der Waals surface area contributed by atoms with Crippen molar-refractivity contribution in [1.82, 2.24) is 5.32 Å². The van der Waals surface area contributed by atoms with Crippen LogP contribution in [0.2, 0.25) is 0 Å². The lowest BCUT2D eigenvalue weighted by atomic mass is 9.85. The topological polar surface area (TPSA) is 90.9 Å². The van der Waals surface area contributed by atoms with Crippen molar-refractivity contribution >= 4 is 40.6 Å². The summed E-state index contributed by atoms with van der Waals surface area (Å²) in [5.41, 5.74) is -1.87. The fraction of sp³-hybridized carbons (Fsp3) is 0.812. The molecular weight excluding hydrogens is 429 g/mol. The van der Waals surface area contributed by atoms with Gasteiger partial charge in [0.25, 0.3) is 0 Å². The molecule has 1 rings (SSSR count). The monoisotopic (exact) mass is 455 g/mol. The van der Waals surface area contributed by atoms with Crippen LogP contribution < -0.4 is 5.32 Å². The molecule has 0 aromatic heterocycles. The van der Waals surface area contributed by atoms with Crippen LogP contribution in [0, 0.1) is 17.3 Å². The molecule has 0 aromatic rings. The van der Waals surface area contributed by atoms with Crippen LogP contribution in [0.5, 0.6) is 0 Å². The highest BCUT2D eigenvalue weighted by Crippen LogP contribution is 2.47. The second-order valence-corrected chi connectivity index (χ2v) is 7.91. The Kier molecular flexibility index (Phi) is 7.30. The van der Waals surface area contributed by atoms with E-state index in [0.717, 1.165) is 4.43 Å². The molecule has 8 heteroatoms. The molecule has 1 aliphatic carbocycles. The average Bonchev–Trinajstić information content (AvgIpc) is 2.89. The van der Waals surface area contributed by atoms with Crippen LogP contribution in [0.4, 0.5) is 4.79 Å². The molecule has 0 heterocycles. The number of esters is 2. The van der Waals surface area contributed by atoms with Gasteiger partial charge in [0, 0.05) is 11.0 Å². The van der Waals surface area contributed by atoms with Crippen LogP contribution in [0.15, 0.2) is 0 Å². The van der Waals surface area contributed by atoms with Gasteiger partial charge in [0.05, 0.1) is 14.2 Å². The SMILES string of the molecule is COC(=O)C1(C(=O)OC)CC(CNC(=O)OC(C)(C)C)[C@H](CI)C1. The molecule has 24 heavy (non-hydrogen) atoms. The molecule has 0 aromatic carbocycles. The van der Waals surface area contributed by atoms with Crippen molar-refractivity contribution in [3.63, 3.8) is 0 Å². The van der Waals surface area contributed by atoms with Gasteiger partial charge in [-0.15, -0.1) is 0 Å². The number of alkyl halides is 1. The number of carbonyl (C=O) groups is 3. The summed E-state index contributed by atoms with van der Waals surface area (Å²) in [5.74, 6) is -1.10. The minimum Gasteiger partial charge on any atom is -0.468 e. The number of halogens is 1. The summed E-state index contributed by atoms with van der Waals surface area (Å²) in [6.07, 6.45) is 0.134. The quantitative estimate of drug-likeness (QED) is 0.225. The molecular formula is C16H26INO6. The van der Waals surface area contributed by atoms with Crippen molar-refractivity contribution < 1.29 is 28.6 Å². The van der Waals surface area contributed by atoms with Crippen molar-refractivity contribution in [1.29, 1.82) is 0 Å². The Morgan fingerprint density at radius 3 is 2.00 bits per heavy atom. The zero-order chi connectivity index (χ0) is 18.5. The number of amides is 1. The largest absolute Gasteiger partial charge is 0.468 e. The summed E-state index contributed by atoms with van der Waals surface area (Å²) in [5, 5.41) is 2.73. The Balaban J connectivity index is 2.83. The molecule has 0 aliphatic heterocycles. The van der Waals surface area contributed by atoms with Gasteiger partial charge in [-0.25, -0.2) is 4.79 Å². The molecule has 1 fully saturated rings. The second kappa shape index (κ2) is 8.35. The van der Waals surface area contributed by atoms with Crippen molar-refractivity contribution in [2.75, 3.05) is 25.2 Å². The molecule has 1 unspecified atom stereocenters. The van der Waals surface area contributed by atoms with E-state index in [4.69, 9.17) is 14.2 Å². The maximum atomic E-state index is 12.2. The maximum absolute atomic E-state index is 12.2. The van der Waals surface area contributed by atoms with E-state index in [0.29, 0.717) is 13.0 Å². The lowest BCUT2D eigenvalue weighted by molar-refractivity contribution is -0.169. The standard InChI is InChI=1S/C16H26INO6/c1-15(2,3)24-14(21)18-9-11-7-16(12(19)22-4,13(20)23-5)6-10(11)8-17/h10-11H,6-9H2,1-5H3,(H,18,21)/t10-,11?/m0/s1. The number of alkyl carbamates (subject to hydrolysis) is 1. The van der Waals surface area contributed by atoms with Crippen molar-refractivity contribution in [3.8, 4) is 0 Å². The Morgan fingerprint density at radius 2 is 1.58 bits per heavy atom. The van der Waals surface area contributed by atoms with Gasteiger partial charge in [-0.3, -0.25) is 9.59 Å². The molecule has 0 saturated heterocycles. The van der Waals surface area contributed by atoms with Gasteiger partial charge in [-0.05, 0) is 45.4 Å². The van der Waals surface area contributed by atoms with E-state index in [-0.39, 0.29) is 18.3 Å². The van der Waals surface area contributed by atoms with Gasteiger partial charge in [0.1, 0.15) is 5.60 Å². The Hall–Kier alpha value is -1.06. The van der Waals surface area contributed by atoms with Gasteiger partial charge >= 0.3 is 18.0 Å². The van der Waals surface area contributed by atoms with Crippen LogP contribution in [-0.2, 0) is 23.8 Å². The summed E-state index contributed by atoms with van der Waals surface area (Å²) in [4.78, 5) is 36.3. The van der Waals surface area contributed by atoms with E-state index in [2.05, 4.69) is 27.9 Å². The van der Waals surface area contributed by atoms with Gasteiger partial charge in [0.2, 0.25) is 0 Å². The lowest BCUT2D eigenvalue weighted by Crippen LogP contribution is -2.40. The molecule has 138 valence electrons. The van der Waals surface area contributed by atoms with E-state index in [1.54, 1.807) is 20.8 Å². The van der Waals surface area contributed by atoms with E-state index in [1.165, 1.54) is 14.2 Å². The molecule has 1 N–H and O–H groups in total. The number of carbonyl (C=O) groups excluding carboxylic acids is 3. The number of ether oxygens (including phenoxy) is 3. The minimum atomic E-state index is -1.29. The van der Waals surface area contributed by atoms with Gasteiger partial charge in [0.15, 0.2) is 5.41 Å². The first-order valence-corrected chi connectivity index (χ1v) is 9.32. The number of rotatable bonds is 5. The fourth-order valence-electron chi connectivity index (χ4n) is 3.07. The Bertz CT molecular complexity index is 471. The van der Waals surface area contributed by atoms with Gasteiger partial charge in [-0.1, -0.05) is 22.6 Å². The number of hydrogen-bond acceptors (Lipinski definition) is 6. The van der Waals surface area contributed by atoms with Crippen LogP contribution in [0.25, 0.3) is 0 Å². The highest BCUT2D eigenvalue weighted by Gasteiger charge is 2.56. The van der Waals surface area contributed by atoms with E-state index in [1.807, 2.05) is 0 Å². The number of hydrogen-bond donors (Lipinski definition) is 1. The molecule has 2 atom stereocenters. The average molecular weight is 455 g/mol. The van der Waals surface area contributed by atoms with Crippen molar-refractivity contribution in [3.05, 3.63) is 0 Å². The first-order chi connectivity index (χ1) is 11.1.